The van der Waals surface area contributed by atoms with Gasteiger partial charge in [-0.3, -0.25) is 0 Å². The highest BCUT2D eigenvalue weighted by Gasteiger charge is 2.11. The summed E-state index contributed by atoms with van der Waals surface area (Å²) in [6.45, 7) is 3.73. The molecule has 1 atom stereocenters. The fourth-order valence-corrected chi connectivity index (χ4v) is 1.88. The van der Waals surface area contributed by atoms with Crippen molar-refractivity contribution in [2.75, 3.05) is 6.61 Å². The van der Waals surface area contributed by atoms with Crippen molar-refractivity contribution in [3.63, 3.8) is 0 Å². The third-order valence-corrected chi connectivity index (χ3v) is 3.36. The van der Waals surface area contributed by atoms with Crippen molar-refractivity contribution < 1.29 is 19.7 Å². The lowest BCUT2D eigenvalue weighted by atomic mass is 10.1. The van der Waals surface area contributed by atoms with Crippen LogP contribution in [0.3, 0.4) is 0 Å². The first-order valence-corrected chi connectivity index (χ1v) is 7.74. The summed E-state index contributed by atoms with van der Waals surface area (Å²) < 4.78 is 4.90. The number of carbonyl (C=O) groups is 1. The van der Waals surface area contributed by atoms with Gasteiger partial charge in [-0.25, -0.2) is 4.79 Å². The number of hydrogen-bond acceptors (Lipinski definition) is 4. The molecule has 0 saturated heterocycles. The van der Waals surface area contributed by atoms with Crippen LogP contribution in [0.1, 0.15) is 71.6 Å². The second-order valence-corrected chi connectivity index (χ2v) is 5.17. The minimum atomic E-state index is -0.984. The van der Waals surface area contributed by atoms with E-state index in [1.165, 1.54) is 19.3 Å². The Hall–Kier alpha value is -0.870. The van der Waals surface area contributed by atoms with Crippen molar-refractivity contribution in [1.82, 2.24) is 0 Å². The molecule has 0 fully saturated rings. The smallest absolute Gasteiger partial charge is 0.335 e. The summed E-state index contributed by atoms with van der Waals surface area (Å²) in [4.78, 5) is 11.4. The second kappa shape index (κ2) is 13.1. The van der Waals surface area contributed by atoms with Crippen molar-refractivity contribution in [1.29, 1.82) is 0 Å². The van der Waals surface area contributed by atoms with Crippen LogP contribution in [0.4, 0.5) is 0 Å². The number of hydrogen-bond donors (Lipinski definition) is 2. The van der Waals surface area contributed by atoms with Crippen LogP contribution in [-0.4, -0.2) is 29.1 Å². The Bertz CT molecular complexity index is 274. The number of allylic oxidation sites excluding steroid dienone is 1. The van der Waals surface area contributed by atoms with Gasteiger partial charge in [-0.05, 0) is 26.7 Å². The largest absolute Gasteiger partial charge is 0.433 e. The van der Waals surface area contributed by atoms with E-state index in [1.807, 2.05) is 0 Å². The van der Waals surface area contributed by atoms with Gasteiger partial charge in [-0.1, -0.05) is 44.6 Å². The van der Waals surface area contributed by atoms with E-state index in [2.05, 4.69) is 0 Å². The molecule has 0 saturated carbocycles. The molecule has 0 aromatic carbocycles. The van der Waals surface area contributed by atoms with Gasteiger partial charge in [0.2, 0.25) is 6.29 Å². The molecule has 0 aliphatic carbocycles. The van der Waals surface area contributed by atoms with Crippen molar-refractivity contribution in [3.05, 3.63) is 11.6 Å². The SMILES string of the molecule is CC=C(C)C(=O)OC(O)CCCCCCCCCCO. The molecule has 0 amide bonds. The van der Waals surface area contributed by atoms with E-state index in [0.29, 0.717) is 18.6 Å². The molecule has 0 radical (unpaired) electrons. The van der Waals surface area contributed by atoms with Crippen LogP contribution in [0, 0.1) is 0 Å². The first-order valence-electron chi connectivity index (χ1n) is 7.74. The lowest BCUT2D eigenvalue weighted by Gasteiger charge is -2.12. The lowest BCUT2D eigenvalue weighted by molar-refractivity contribution is -0.163. The Morgan fingerprint density at radius 1 is 1.05 bits per heavy atom. The van der Waals surface area contributed by atoms with E-state index in [-0.39, 0.29) is 0 Å². The third kappa shape index (κ3) is 11.0. The number of esters is 1. The molecular weight excluding hydrogens is 256 g/mol. The van der Waals surface area contributed by atoms with Crippen LogP contribution in [0.5, 0.6) is 0 Å². The minimum Gasteiger partial charge on any atom is -0.433 e. The normalized spacial score (nSPS) is 13.3. The van der Waals surface area contributed by atoms with Crippen LogP contribution in [0.25, 0.3) is 0 Å². The molecule has 0 rings (SSSR count). The zero-order valence-corrected chi connectivity index (χ0v) is 12.9. The molecule has 0 aromatic rings. The third-order valence-electron chi connectivity index (χ3n) is 3.36. The summed E-state index contributed by atoms with van der Waals surface area (Å²) in [5.41, 5.74) is 0.520. The Labute approximate surface area is 122 Å². The van der Waals surface area contributed by atoms with Gasteiger partial charge in [-0.15, -0.1) is 0 Å². The first-order chi connectivity index (χ1) is 9.61. The quantitative estimate of drug-likeness (QED) is 0.250. The molecule has 4 heteroatoms. The number of unbranched alkanes of at least 4 members (excludes halogenated alkanes) is 7. The van der Waals surface area contributed by atoms with E-state index in [0.717, 1.165) is 32.1 Å². The fourth-order valence-electron chi connectivity index (χ4n) is 1.88. The fraction of sp³-hybridized carbons (Fsp3) is 0.812. The number of ether oxygens (including phenoxy) is 1. The molecule has 0 aromatic heterocycles. The zero-order valence-electron chi connectivity index (χ0n) is 12.9. The van der Waals surface area contributed by atoms with Crippen LogP contribution in [0.15, 0.2) is 11.6 Å². The minimum absolute atomic E-state index is 0.295. The molecule has 2 N–H and O–H groups in total. The molecule has 4 nitrogen and oxygen atoms in total. The molecule has 0 aliphatic heterocycles. The monoisotopic (exact) mass is 286 g/mol. The van der Waals surface area contributed by atoms with E-state index < -0.39 is 12.3 Å². The van der Waals surface area contributed by atoms with Gasteiger partial charge in [0.25, 0.3) is 0 Å². The summed E-state index contributed by atoms with van der Waals surface area (Å²) >= 11 is 0. The van der Waals surface area contributed by atoms with Crippen LogP contribution in [-0.2, 0) is 9.53 Å². The summed E-state index contributed by atoms with van der Waals surface area (Å²) in [5.74, 6) is -0.441. The second-order valence-electron chi connectivity index (χ2n) is 5.17. The maximum atomic E-state index is 11.4. The highest BCUT2D eigenvalue weighted by Crippen LogP contribution is 2.11. The maximum Gasteiger partial charge on any atom is 0.335 e. The van der Waals surface area contributed by atoms with Crippen molar-refractivity contribution in [2.45, 2.75) is 77.9 Å². The Kier molecular flexibility index (Phi) is 12.6. The summed E-state index contributed by atoms with van der Waals surface area (Å²) in [6.07, 6.45) is 9.87. The Morgan fingerprint density at radius 3 is 2.05 bits per heavy atom. The number of aliphatic hydroxyl groups excluding tert-OH is 2. The molecule has 0 aliphatic rings. The predicted molar refractivity (Wildman–Crippen MR) is 80.2 cm³/mol. The predicted octanol–water partition coefficient (Wildman–Crippen LogP) is 3.32. The molecule has 0 bridgehead atoms. The highest BCUT2D eigenvalue weighted by molar-refractivity contribution is 5.87. The van der Waals surface area contributed by atoms with Gasteiger partial charge in [0, 0.05) is 18.6 Å². The maximum absolute atomic E-state index is 11.4. The molecule has 20 heavy (non-hydrogen) atoms. The molecular formula is C16H30O4. The van der Waals surface area contributed by atoms with E-state index in [9.17, 15) is 9.90 Å². The van der Waals surface area contributed by atoms with E-state index in [1.54, 1.807) is 19.9 Å². The average Bonchev–Trinajstić information content (AvgIpc) is 2.44. The van der Waals surface area contributed by atoms with Gasteiger partial charge in [0.1, 0.15) is 0 Å². The number of carbonyl (C=O) groups excluding carboxylic acids is 1. The van der Waals surface area contributed by atoms with Gasteiger partial charge in [0.05, 0.1) is 0 Å². The molecule has 0 spiro atoms. The Balaban J connectivity index is 3.40. The topological polar surface area (TPSA) is 66.8 Å². The summed E-state index contributed by atoms with van der Waals surface area (Å²) in [7, 11) is 0. The summed E-state index contributed by atoms with van der Waals surface area (Å²) in [5, 5.41) is 18.2. The van der Waals surface area contributed by atoms with Crippen molar-refractivity contribution >= 4 is 5.97 Å². The van der Waals surface area contributed by atoms with Gasteiger partial charge >= 0.3 is 5.97 Å². The van der Waals surface area contributed by atoms with Gasteiger partial charge < -0.3 is 14.9 Å². The van der Waals surface area contributed by atoms with Crippen molar-refractivity contribution in [3.8, 4) is 0 Å². The number of rotatable bonds is 12. The Morgan fingerprint density at radius 2 is 1.55 bits per heavy atom. The average molecular weight is 286 g/mol. The van der Waals surface area contributed by atoms with E-state index >= 15 is 0 Å². The van der Waals surface area contributed by atoms with Gasteiger partial charge in [-0.2, -0.15) is 0 Å². The van der Waals surface area contributed by atoms with Crippen molar-refractivity contribution in [2.24, 2.45) is 0 Å². The van der Waals surface area contributed by atoms with Crippen LogP contribution in [0.2, 0.25) is 0 Å². The van der Waals surface area contributed by atoms with E-state index in [4.69, 9.17) is 9.84 Å². The molecule has 118 valence electrons. The molecule has 1 unspecified atom stereocenters. The molecule has 0 heterocycles. The van der Waals surface area contributed by atoms with Gasteiger partial charge in [0.15, 0.2) is 0 Å². The van der Waals surface area contributed by atoms with Crippen LogP contribution < -0.4 is 0 Å². The van der Waals surface area contributed by atoms with Crippen LogP contribution >= 0.6 is 0 Å². The first kappa shape index (κ1) is 19.1. The summed E-state index contributed by atoms with van der Waals surface area (Å²) in [6, 6.07) is 0. The standard InChI is InChI=1S/C16H30O4/c1-3-14(2)16(19)20-15(18)12-10-8-6-4-5-7-9-11-13-17/h3,15,17-18H,4-13H2,1-2H3. The highest BCUT2D eigenvalue weighted by atomic mass is 16.6. The number of aliphatic hydroxyl groups is 2. The zero-order chi connectivity index (χ0) is 15.2. The lowest BCUT2D eigenvalue weighted by Crippen LogP contribution is -2.18.